The van der Waals surface area contributed by atoms with Crippen LogP contribution in [0.1, 0.15) is 0 Å². The predicted molar refractivity (Wildman–Crippen MR) is 257 cm³/mol. The van der Waals surface area contributed by atoms with E-state index in [0.717, 1.165) is 61.9 Å². The van der Waals surface area contributed by atoms with Crippen LogP contribution in [0.4, 0.5) is 17.1 Å². The first-order valence-electron chi connectivity index (χ1n) is 21.1. The molecule has 4 heteroatoms. The van der Waals surface area contributed by atoms with Crippen LogP contribution in [0.25, 0.3) is 94.8 Å². The van der Waals surface area contributed by atoms with Gasteiger partial charge in [-0.2, -0.15) is 0 Å². The number of aromatic nitrogens is 3. The van der Waals surface area contributed by atoms with Gasteiger partial charge in [-0.25, -0.2) is 9.97 Å². The fourth-order valence-corrected chi connectivity index (χ4v) is 9.28. The molecule has 3 heterocycles. The van der Waals surface area contributed by atoms with Crippen molar-refractivity contribution in [3.63, 3.8) is 0 Å². The Morgan fingerprint density at radius 3 is 1.56 bits per heavy atom. The molecule has 290 valence electrons. The molecule has 0 saturated heterocycles. The molecule has 4 nitrogen and oxygen atoms in total. The fraction of sp³-hybridized carbons (Fsp3) is 0. The van der Waals surface area contributed by atoms with Crippen LogP contribution < -0.4 is 4.90 Å². The van der Waals surface area contributed by atoms with E-state index in [1.54, 1.807) is 0 Å². The minimum atomic E-state index is 0.696. The molecule has 2 aromatic heterocycles. The van der Waals surface area contributed by atoms with Gasteiger partial charge in [0.25, 0.3) is 0 Å². The maximum atomic E-state index is 5.19. The molecule has 9 aromatic carbocycles. The van der Waals surface area contributed by atoms with Gasteiger partial charge in [0.2, 0.25) is 0 Å². The lowest BCUT2D eigenvalue weighted by Crippen LogP contribution is -2.11. The highest BCUT2D eigenvalue weighted by molar-refractivity contribution is 6.21. The Kier molecular flexibility index (Phi) is 8.46. The number of anilines is 3. The number of fused-ring (bicyclic) bond motifs is 9. The molecule has 1 aliphatic rings. The van der Waals surface area contributed by atoms with Crippen molar-refractivity contribution in [1.29, 1.82) is 0 Å². The van der Waals surface area contributed by atoms with E-state index in [1.807, 2.05) is 24.3 Å². The number of para-hydroxylation sites is 3. The van der Waals surface area contributed by atoms with Crippen LogP contribution in [0.3, 0.4) is 0 Å². The Bertz CT molecular complexity index is 3430. The van der Waals surface area contributed by atoms with Crippen molar-refractivity contribution in [1.82, 2.24) is 14.5 Å². The van der Waals surface area contributed by atoms with E-state index in [9.17, 15) is 0 Å². The molecule has 0 spiro atoms. The first-order chi connectivity index (χ1) is 30.8. The second-order valence-corrected chi connectivity index (χ2v) is 15.8. The van der Waals surface area contributed by atoms with E-state index >= 15 is 0 Å². The van der Waals surface area contributed by atoms with Gasteiger partial charge in [-0.15, -0.1) is 0 Å². The molecule has 0 aliphatic carbocycles. The lowest BCUT2D eigenvalue weighted by molar-refractivity contribution is 1.13. The molecular formula is C58H38N4. The van der Waals surface area contributed by atoms with E-state index in [2.05, 4.69) is 216 Å². The summed E-state index contributed by atoms with van der Waals surface area (Å²) < 4.78 is 2.47. The van der Waals surface area contributed by atoms with E-state index in [4.69, 9.17) is 9.97 Å². The molecule has 0 radical (unpaired) electrons. The minimum Gasteiger partial charge on any atom is -0.309 e. The molecule has 1 aliphatic heterocycles. The molecule has 11 aromatic rings. The quantitative estimate of drug-likeness (QED) is 0.168. The third-order valence-corrected chi connectivity index (χ3v) is 12.2. The van der Waals surface area contributed by atoms with Crippen molar-refractivity contribution in [3.8, 4) is 73.1 Å². The SMILES string of the molecule is c1ccc(-c2ccc(-c3cc(-c4ccc(-n5c6c(c7c8ccccc8ccc75)-c5ccccc5N(c5ccccc5)c5ccccc5-6)cc4)nc(-c4ccccc4)n3)cc2)cc1. The van der Waals surface area contributed by atoms with E-state index < -0.39 is 0 Å². The van der Waals surface area contributed by atoms with Crippen LogP contribution in [0.5, 0.6) is 0 Å². The molecule has 0 saturated carbocycles. The Morgan fingerprint density at radius 2 is 0.871 bits per heavy atom. The van der Waals surface area contributed by atoms with Gasteiger partial charge < -0.3 is 9.47 Å². The summed E-state index contributed by atoms with van der Waals surface area (Å²) in [6.07, 6.45) is 0. The van der Waals surface area contributed by atoms with Crippen molar-refractivity contribution < 1.29 is 0 Å². The molecule has 0 bridgehead atoms. The number of nitrogens with zero attached hydrogens (tertiary/aromatic N) is 4. The zero-order valence-electron chi connectivity index (χ0n) is 33.7. The Labute approximate surface area is 360 Å². The standard InChI is InChI=1S/C58H38N4/c1-4-16-39(17-5-1)40-28-30-42(31-29-40)50-38-51(60-58(59-50)44-19-6-2-7-20-44)43-32-35-46(36-33-43)62-54-37-34-41-18-10-11-23-47(41)55(54)56-48-24-12-14-26-52(48)61(45-21-8-3-9-22-45)53-27-15-13-25-49(53)57(56)62/h1-38H. The second kappa shape index (κ2) is 14.7. The normalized spacial score (nSPS) is 11.8. The molecule has 62 heavy (non-hydrogen) atoms. The first-order valence-corrected chi connectivity index (χ1v) is 21.1. The van der Waals surface area contributed by atoms with Crippen molar-refractivity contribution in [2.24, 2.45) is 0 Å². The highest BCUT2D eigenvalue weighted by Gasteiger charge is 2.32. The summed E-state index contributed by atoms with van der Waals surface area (Å²) in [6.45, 7) is 0. The van der Waals surface area contributed by atoms with Crippen LogP contribution in [0, 0.1) is 0 Å². The first kappa shape index (κ1) is 35.6. The summed E-state index contributed by atoms with van der Waals surface area (Å²) >= 11 is 0. The highest BCUT2D eigenvalue weighted by atomic mass is 15.2. The van der Waals surface area contributed by atoms with Crippen LogP contribution in [0.15, 0.2) is 231 Å². The zero-order valence-corrected chi connectivity index (χ0v) is 33.7. The van der Waals surface area contributed by atoms with Gasteiger partial charge >= 0.3 is 0 Å². The zero-order chi connectivity index (χ0) is 41.0. The molecule has 12 rings (SSSR count). The maximum Gasteiger partial charge on any atom is 0.160 e. The Hall–Kier alpha value is -8.34. The van der Waals surface area contributed by atoms with E-state index in [1.165, 1.54) is 44.1 Å². The third kappa shape index (κ3) is 5.92. The van der Waals surface area contributed by atoms with Gasteiger partial charge in [0.15, 0.2) is 5.82 Å². The molecule has 0 N–H and O–H groups in total. The average Bonchev–Trinajstić information content (AvgIpc) is 3.64. The van der Waals surface area contributed by atoms with Crippen LogP contribution in [-0.4, -0.2) is 14.5 Å². The van der Waals surface area contributed by atoms with Gasteiger partial charge in [0.05, 0.1) is 34.0 Å². The van der Waals surface area contributed by atoms with Crippen molar-refractivity contribution in [2.45, 2.75) is 0 Å². The molecule has 0 fully saturated rings. The summed E-state index contributed by atoms with van der Waals surface area (Å²) in [5.41, 5.74) is 17.5. The van der Waals surface area contributed by atoms with Crippen LogP contribution in [0.2, 0.25) is 0 Å². The smallest absolute Gasteiger partial charge is 0.160 e. The van der Waals surface area contributed by atoms with Crippen molar-refractivity contribution in [3.05, 3.63) is 231 Å². The van der Waals surface area contributed by atoms with Gasteiger partial charge in [-0.05, 0) is 70.4 Å². The lowest BCUT2D eigenvalue weighted by atomic mass is 9.95. The largest absolute Gasteiger partial charge is 0.309 e. The van der Waals surface area contributed by atoms with E-state index in [0.29, 0.717) is 5.82 Å². The third-order valence-electron chi connectivity index (χ3n) is 12.2. The lowest BCUT2D eigenvalue weighted by Gasteiger charge is -2.27. The number of hydrogen-bond donors (Lipinski definition) is 0. The van der Waals surface area contributed by atoms with Crippen molar-refractivity contribution >= 4 is 38.7 Å². The average molecular weight is 791 g/mol. The van der Waals surface area contributed by atoms with Gasteiger partial charge in [-0.1, -0.05) is 182 Å². The Balaban J connectivity index is 1.06. The Morgan fingerprint density at radius 1 is 0.355 bits per heavy atom. The van der Waals surface area contributed by atoms with Crippen LogP contribution in [-0.2, 0) is 0 Å². The van der Waals surface area contributed by atoms with Gasteiger partial charge in [0.1, 0.15) is 0 Å². The summed E-state index contributed by atoms with van der Waals surface area (Å²) in [5.74, 6) is 0.696. The highest BCUT2D eigenvalue weighted by Crippen LogP contribution is 2.55. The monoisotopic (exact) mass is 790 g/mol. The summed E-state index contributed by atoms with van der Waals surface area (Å²) in [6, 6.07) is 82.2. The number of rotatable bonds is 6. The van der Waals surface area contributed by atoms with Crippen molar-refractivity contribution in [2.75, 3.05) is 4.90 Å². The number of benzene rings is 9. The maximum absolute atomic E-state index is 5.19. The number of hydrogen-bond acceptors (Lipinski definition) is 3. The summed E-state index contributed by atoms with van der Waals surface area (Å²) in [7, 11) is 0. The molecule has 0 amide bonds. The predicted octanol–water partition coefficient (Wildman–Crippen LogP) is 15.4. The van der Waals surface area contributed by atoms with Gasteiger partial charge in [0, 0.05) is 50.1 Å². The summed E-state index contributed by atoms with van der Waals surface area (Å²) in [5, 5.41) is 3.69. The molecule has 0 unspecified atom stereocenters. The van der Waals surface area contributed by atoms with E-state index in [-0.39, 0.29) is 0 Å². The van der Waals surface area contributed by atoms with Crippen LogP contribution >= 0.6 is 0 Å². The fourth-order valence-electron chi connectivity index (χ4n) is 9.28. The molecular weight excluding hydrogens is 753 g/mol. The minimum absolute atomic E-state index is 0.696. The van der Waals surface area contributed by atoms with Gasteiger partial charge in [-0.3, -0.25) is 0 Å². The topological polar surface area (TPSA) is 34.0 Å². The molecule has 0 atom stereocenters. The summed E-state index contributed by atoms with van der Waals surface area (Å²) in [4.78, 5) is 12.7. The second-order valence-electron chi connectivity index (χ2n) is 15.8.